The molecule has 0 fully saturated rings. The van der Waals surface area contributed by atoms with Crippen molar-refractivity contribution < 1.29 is 13.2 Å². The van der Waals surface area contributed by atoms with Gasteiger partial charge in [0.25, 0.3) is 0 Å². The van der Waals surface area contributed by atoms with Gasteiger partial charge in [-0.3, -0.25) is 5.10 Å². The first kappa shape index (κ1) is 18.5. The van der Waals surface area contributed by atoms with Crippen LogP contribution in [0.4, 0.5) is 0 Å². The summed E-state index contributed by atoms with van der Waals surface area (Å²) in [6.45, 7) is 10.2. The largest absolute Gasteiger partial charge is 0.492 e. The van der Waals surface area contributed by atoms with E-state index in [4.69, 9.17) is 4.74 Å². The molecule has 0 spiro atoms. The number of rotatable bonds is 6. The third-order valence-corrected chi connectivity index (χ3v) is 5.44. The van der Waals surface area contributed by atoms with Crippen molar-refractivity contribution in [1.82, 2.24) is 14.9 Å². The van der Waals surface area contributed by atoms with Gasteiger partial charge in [0.1, 0.15) is 17.3 Å². The summed E-state index contributed by atoms with van der Waals surface area (Å²) in [6, 6.07) is 7.86. The minimum atomic E-state index is -3.58. The third kappa shape index (κ3) is 4.36. The van der Waals surface area contributed by atoms with Crippen LogP contribution in [0.3, 0.4) is 0 Å². The van der Waals surface area contributed by atoms with Gasteiger partial charge in [-0.05, 0) is 37.0 Å². The van der Waals surface area contributed by atoms with Gasteiger partial charge in [-0.1, -0.05) is 32.9 Å². The summed E-state index contributed by atoms with van der Waals surface area (Å²) >= 11 is 0. The molecule has 0 aliphatic carbocycles. The van der Waals surface area contributed by atoms with E-state index in [1.54, 1.807) is 13.8 Å². The second kappa shape index (κ2) is 6.94. The van der Waals surface area contributed by atoms with Crippen molar-refractivity contribution in [2.45, 2.75) is 44.9 Å². The number of aryl methyl sites for hydroxylation is 2. The highest BCUT2D eigenvalue weighted by Gasteiger charge is 2.21. The summed E-state index contributed by atoms with van der Waals surface area (Å²) in [7, 11) is -3.58. The molecular formula is C17H25N3O3S. The molecule has 0 amide bonds. The Morgan fingerprint density at radius 2 is 1.79 bits per heavy atom. The number of hydrogen-bond donors (Lipinski definition) is 2. The molecule has 0 radical (unpaired) electrons. The quantitative estimate of drug-likeness (QED) is 0.784. The summed E-state index contributed by atoms with van der Waals surface area (Å²) in [5, 5.41) is 6.59. The summed E-state index contributed by atoms with van der Waals surface area (Å²) in [5.41, 5.74) is 2.30. The van der Waals surface area contributed by atoms with Crippen LogP contribution in [0, 0.1) is 13.8 Å². The Kier molecular flexibility index (Phi) is 5.35. The van der Waals surface area contributed by atoms with Crippen LogP contribution in [-0.4, -0.2) is 31.8 Å². The van der Waals surface area contributed by atoms with Crippen LogP contribution in [0.2, 0.25) is 0 Å². The highest BCUT2D eigenvalue weighted by molar-refractivity contribution is 7.89. The molecule has 2 N–H and O–H groups in total. The van der Waals surface area contributed by atoms with Crippen LogP contribution in [0.1, 0.15) is 37.7 Å². The Balaban J connectivity index is 1.89. The highest BCUT2D eigenvalue weighted by atomic mass is 32.2. The molecule has 0 saturated heterocycles. The lowest BCUT2D eigenvalue weighted by molar-refractivity contribution is 0.322. The Morgan fingerprint density at radius 1 is 1.17 bits per heavy atom. The number of H-pyrrole nitrogens is 1. The number of nitrogens with zero attached hydrogens (tertiary/aromatic N) is 1. The van der Waals surface area contributed by atoms with E-state index in [9.17, 15) is 8.42 Å². The molecule has 0 unspecified atom stereocenters. The van der Waals surface area contributed by atoms with Gasteiger partial charge in [-0.2, -0.15) is 5.10 Å². The zero-order valence-corrected chi connectivity index (χ0v) is 15.6. The zero-order chi connectivity index (χ0) is 18.0. The minimum Gasteiger partial charge on any atom is -0.492 e. The lowest BCUT2D eigenvalue weighted by Crippen LogP contribution is -2.29. The second-order valence-electron chi connectivity index (χ2n) is 6.78. The molecule has 1 heterocycles. The van der Waals surface area contributed by atoms with Crippen molar-refractivity contribution in [3.05, 3.63) is 41.2 Å². The van der Waals surface area contributed by atoms with Gasteiger partial charge in [0, 0.05) is 6.54 Å². The Bertz CT molecular complexity index is 768. The molecule has 1 aromatic carbocycles. The molecule has 0 aliphatic rings. The van der Waals surface area contributed by atoms with E-state index in [0.29, 0.717) is 11.4 Å². The van der Waals surface area contributed by atoms with Crippen LogP contribution >= 0.6 is 0 Å². The van der Waals surface area contributed by atoms with Crippen molar-refractivity contribution in [3.63, 3.8) is 0 Å². The smallest absolute Gasteiger partial charge is 0.244 e. The first-order chi connectivity index (χ1) is 11.1. The molecule has 0 atom stereocenters. The van der Waals surface area contributed by atoms with E-state index in [2.05, 4.69) is 35.7 Å². The predicted molar refractivity (Wildman–Crippen MR) is 93.9 cm³/mol. The predicted octanol–water partition coefficient (Wildman–Crippen LogP) is 2.68. The number of sulfonamides is 1. The molecule has 7 heteroatoms. The molecule has 1 aromatic heterocycles. The molecule has 2 rings (SSSR count). The molecule has 24 heavy (non-hydrogen) atoms. The maximum Gasteiger partial charge on any atom is 0.244 e. The third-order valence-electron chi connectivity index (χ3n) is 3.71. The first-order valence-corrected chi connectivity index (χ1v) is 9.34. The van der Waals surface area contributed by atoms with Crippen molar-refractivity contribution in [1.29, 1.82) is 0 Å². The van der Waals surface area contributed by atoms with Crippen molar-refractivity contribution >= 4 is 10.0 Å². The van der Waals surface area contributed by atoms with Gasteiger partial charge in [0.05, 0.1) is 11.4 Å². The summed E-state index contributed by atoms with van der Waals surface area (Å²) < 4.78 is 32.7. The fourth-order valence-electron chi connectivity index (χ4n) is 2.40. The van der Waals surface area contributed by atoms with E-state index in [1.807, 2.05) is 24.3 Å². The lowest BCUT2D eigenvalue weighted by Gasteiger charge is -2.19. The fraction of sp³-hybridized carbons (Fsp3) is 0.471. The molecule has 2 aromatic rings. The SMILES string of the molecule is Cc1n[nH]c(C)c1S(=O)(=O)NCCOc1ccc(C(C)(C)C)cc1. The number of nitrogens with one attached hydrogen (secondary N) is 2. The molecular weight excluding hydrogens is 326 g/mol. The number of aromatic nitrogens is 2. The van der Waals surface area contributed by atoms with Gasteiger partial charge in [0.2, 0.25) is 10.0 Å². The number of ether oxygens (including phenoxy) is 1. The van der Waals surface area contributed by atoms with Gasteiger partial charge < -0.3 is 4.74 Å². The number of benzene rings is 1. The Hall–Kier alpha value is -1.86. The lowest BCUT2D eigenvalue weighted by atomic mass is 9.87. The van der Waals surface area contributed by atoms with Gasteiger partial charge >= 0.3 is 0 Å². The fourth-order valence-corrected chi connectivity index (χ4v) is 3.78. The average molecular weight is 351 g/mol. The number of hydrogen-bond acceptors (Lipinski definition) is 4. The minimum absolute atomic E-state index is 0.0917. The van der Waals surface area contributed by atoms with Gasteiger partial charge in [0.15, 0.2) is 0 Å². The summed E-state index contributed by atoms with van der Waals surface area (Å²) in [6.07, 6.45) is 0. The Labute approximate surface area is 143 Å². The van der Waals surface area contributed by atoms with E-state index in [0.717, 1.165) is 5.75 Å². The standard InChI is InChI=1S/C17H25N3O3S/c1-12-16(13(2)20-19-12)24(21,22)18-10-11-23-15-8-6-14(7-9-15)17(3,4)5/h6-9,18H,10-11H2,1-5H3,(H,19,20). The van der Waals surface area contributed by atoms with E-state index in [-0.39, 0.29) is 23.5 Å². The van der Waals surface area contributed by atoms with Crippen molar-refractivity contribution in [2.24, 2.45) is 0 Å². The molecule has 132 valence electrons. The van der Waals surface area contributed by atoms with E-state index in [1.165, 1.54) is 5.56 Å². The van der Waals surface area contributed by atoms with Crippen LogP contribution in [-0.2, 0) is 15.4 Å². The van der Waals surface area contributed by atoms with Crippen LogP contribution in [0.15, 0.2) is 29.2 Å². The molecule has 0 aliphatic heterocycles. The topological polar surface area (TPSA) is 84.1 Å². The number of aromatic amines is 1. The first-order valence-electron chi connectivity index (χ1n) is 7.86. The highest BCUT2D eigenvalue weighted by Crippen LogP contribution is 2.24. The molecule has 0 saturated carbocycles. The maximum absolute atomic E-state index is 12.3. The van der Waals surface area contributed by atoms with Crippen LogP contribution in [0.5, 0.6) is 5.75 Å². The van der Waals surface area contributed by atoms with Gasteiger partial charge in [-0.25, -0.2) is 13.1 Å². The van der Waals surface area contributed by atoms with Crippen LogP contribution in [0.25, 0.3) is 0 Å². The summed E-state index contributed by atoms with van der Waals surface area (Å²) in [4.78, 5) is 0.206. The van der Waals surface area contributed by atoms with Crippen LogP contribution < -0.4 is 9.46 Å². The maximum atomic E-state index is 12.3. The summed E-state index contributed by atoms with van der Waals surface area (Å²) in [5.74, 6) is 0.720. The molecule has 0 bridgehead atoms. The van der Waals surface area contributed by atoms with Gasteiger partial charge in [-0.15, -0.1) is 0 Å². The monoisotopic (exact) mass is 351 g/mol. The van der Waals surface area contributed by atoms with Crippen molar-refractivity contribution in [3.8, 4) is 5.75 Å². The van der Waals surface area contributed by atoms with E-state index >= 15 is 0 Å². The molecule has 6 nitrogen and oxygen atoms in total. The Morgan fingerprint density at radius 3 is 2.29 bits per heavy atom. The normalized spacial score (nSPS) is 12.4. The average Bonchev–Trinajstić information content (AvgIpc) is 2.83. The van der Waals surface area contributed by atoms with Crippen molar-refractivity contribution in [2.75, 3.05) is 13.2 Å². The van der Waals surface area contributed by atoms with E-state index < -0.39 is 10.0 Å². The second-order valence-corrected chi connectivity index (χ2v) is 8.49. The zero-order valence-electron chi connectivity index (χ0n) is 14.8.